The van der Waals surface area contributed by atoms with E-state index >= 15 is 0 Å². The SMILES string of the molecule is C[C@@H](O)[C@@H](N)C(=O)N1CCN(C(=O)c2c(Cl)cccc2Cl)CC1. The zero-order valence-electron chi connectivity index (χ0n) is 12.7. The summed E-state index contributed by atoms with van der Waals surface area (Å²) < 4.78 is 0. The Kier molecular flexibility index (Phi) is 5.86. The number of benzene rings is 1. The van der Waals surface area contributed by atoms with Gasteiger partial charge in [0.25, 0.3) is 5.91 Å². The van der Waals surface area contributed by atoms with Gasteiger partial charge in [-0.05, 0) is 19.1 Å². The summed E-state index contributed by atoms with van der Waals surface area (Å²) in [6.45, 7) is 2.90. The molecule has 1 aliphatic heterocycles. The highest BCUT2D eigenvalue weighted by atomic mass is 35.5. The van der Waals surface area contributed by atoms with E-state index in [1.165, 1.54) is 6.92 Å². The maximum Gasteiger partial charge on any atom is 0.257 e. The van der Waals surface area contributed by atoms with Crippen molar-refractivity contribution in [3.63, 3.8) is 0 Å². The molecule has 0 radical (unpaired) electrons. The minimum atomic E-state index is -0.949. The van der Waals surface area contributed by atoms with Crippen LogP contribution in [0.5, 0.6) is 0 Å². The molecule has 0 saturated carbocycles. The number of rotatable bonds is 3. The van der Waals surface area contributed by atoms with Gasteiger partial charge in [0.15, 0.2) is 0 Å². The Balaban J connectivity index is 2.02. The highest BCUT2D eigenvalue weighted by molar-refractivity contribution is 6.39. The lowest BCUT2D eigenvalue weighted by molar-refractivity contribution is -0.136. The summed E-state index contributed by atoms with van der Waals surface area (Å²) in [7, 11) is 0. The van der Waals surface area contributed by atoms with Gasteiger partial charge < -0.3 is 20.6 Å². The number of halogens is 2. The van der Waals surface area contributed by atoms with Crippen LogP contribution in [0, 0.1) is 0 Å². The van der Waals surface area contributed by atoms with Crippen LogP contribution in [0.3, 0.4) is 0 Å². The van der Waals surface area contributed by atoms with E-state index in [1.807, 2.05) is 0 Å². The van der Waals surface area contributed by atoms with Gasteiger partial charge in [0.05, 0.1) is 21.7 Å². The van der Waals surface area contributed by atoms with Crippen LogP contribution in [0.4, 0.5) is 0 Å². The predicted molar refractivity (Wildman–Crippen MR) is 88.6 cm³/mol. The van der Waals surface area contributed by atoms with Gasteiger partial charge in [-0.3, -0.25) is 9.59 Å². The number of piperazine rings is 1. The molecule has 23 heavy (non-hydrogen) atoms. The van der Waals surface area contributed by atoms with Crippen LogP contribution in [0.25, 0.3) is 0 Å². The lowest BCUT2D eigenvalue weighted by Gasteiger charge is -2.36. The topological polar surface area (TPSA) is 86.9 Å². The molecular weight excluding hydrogens is 341 g/mol. The Hall–Kier alpha value is -1.34. The second-order valence-corrected chi connectivity index (χ2v) is 6.29. The van der Waals surface area contributed by atoms with Gasteiger partial charge in [0.2, 0.25) is 5.91 Å². The Morgan fingerprint density at radius 1 is 1.13 bits per heavy atom. The Morgan fingerprint density at radius 2 is 1.61 bits per heavy atom. The molecule has 1 aliphatic rings. The number of amides is 2. The Morgan fingerprint density at radius 3 is 2.09 bits per heavy atom. The van der Waals surface area contributed by atoms with E-state index < -0.39 is 12.1 Å². The summed E-state index contributed by atoms with van der Waals surface area (Å²) in [6.07, 6.45) is -0.913. The van der Waals surface area contributed by atoms with Gasteiger partial charge in [0.1, 0.15) is 6.04 Å². The van der Waals surface area contributed by atoms with E-state index in [0.29, 0.717) is 36.2 Å². The summed E-state index contributed by atoms with van der Waals surface area (Å²) in [4.78, 5) is 27.8. The summed E-state index contributed by atoms with van der Waals surface area (Å²) in [6, 6.07) is 3.95. The number of aliphatic hydroxyl groups excluding tert-OH is 1. The molecule has 0 spiro atoms. The third kappa shape index (κ3) is 3.95. The van der Waals surface area contributed by atoms with E-state index in [0.717, 1.165) is 0 Å². The lowest BCUT2D eigenvalue weighted by Crippen LogP contribution is -2.56. The molecule has 1 saturated heterocycles. The van der Waals surface area contributed by atoms with Gasteiger partial charge >= 0.3 is 0 Å². The van der Waals surface area contributed by atoms with Crippen molar-refractivity contribution in [3.05, 3.63) is 33.8 Å². The standard InChI is InChI=1S/C15H19Cl2N3O3/c1-9(21)13(18)15(23)20-7-5-19(6-8-20)14(22)12-10(16)3-2-4-11(12)17/h2-4,9,13,21H,5-8,18H2,1H3/t9-,13-/m1/s1. The molecule has 8 heteroatoms. The molecule has 0 aromatic heterocycles. The summed E-state index contributed by atoms with van der Waals surface area (Å²) in [5.41, 5.74) is 5.93. The van der Waals surface area contributed by atoms with Gasteiger partial charge in [0, 0.05) is 26.2 Å². The molecule has 1 heterocycles. The number of aliphatic hydroxyl groups is 1. The lowest BCUT2D eigenvalue weighted by atomic mass is 10.1. The van der Waals surface area contributed by atoms with Crippen molar-refractivity contribution in [2.24, 2.45) is 5.73 Å². The molecule has 1 aromatic rings. The van der Waals surface area contributed by atoms with Crippen molar-refractivity contribution < 1.29 is 14.7 Å². The zero-order valence-corrected chi connectivity index (χ0v) is 14.2. The molecule has 126 valence electrons. The second kappa shape index (κ2) is 7.49. The molecule has 1 fully saturated rings. The number of nitrogens with two attached hydrogens (primary N) is 1. The second-order valence-electron chi connectivity index (χ2n) is 5.48. The van der Waals surface area contributed by atoms with Crippen LogP contribution >= 0.6 is 23.2 Å². The highest BCUT2D eigenvalue weighted by Crippen LogP contribution is 2.26. The molecule has 1 aromatic carbocycles. The number of hydrogen-bond acceptors (Lipinski definition) is 4. The van der Waals surface area contributed by atoms with Crippen molar-refractivity contribution >= 4 is 35.0 Å². The van der Waals surface area contributed by atoms with Gasteiger partial charge in [-0.2, -0.15) is 0 Å². The monoisotopic (exact) mass is 359 g/mol. The third-order valence-electron chi connectivity index (χ3n) is 3.86. The highest BCUT2D eigenvalue weighted by Gasteiger charge is 2.30. The maximum atomic E-state index is 12.5. The van der Waals surface area contributed by atoms with E-state index in [1.54, 1.807) is 28.0 Å². The molecule has 0 aliphatic carbocycles. The third-order valence-corrected chi connectivity index (χ3v) is 4.49. The first-order chi connectivity index (χ1) is 10.8. The first kappa shape index (κ1) is 18.0. The first-order valence-corrected chi connectivity index (χ1v) is 8.04. The number of nitrogens with zero attached hydrogens (tertiary/aromatic N) is 2. The normalized spacial score (nSPS) is 17.8. The molecule has 0 unspecified atom stereocenters. The quantitative estimate of drug-likeness (QED) is 0.842. The summed E-state index contributed by atoms with van der Waals surface area (Å²) >= 11 is 12.1. The van der Waals surface area contributed by atoms with Crippen molar-refractivity contribution in [1.82, 2.24) is 9.80 Å². The van der Waals surface area contributed by atoms with Crippen LogP contribution in [-0.2, 0) is 4.79 Å². The van der Waals surface area contributed by atoms with E-state index in [-0.39, 0.29) is 17.4 Å². The van der Waals surface area contributed by atoms with Crippen molar-refractivity contribution in [1.29, 1.82) is 0 Å². The van der Waals surface area contributed by atoms with Crippen LogP contribution in [0.1, 0.15) is 17.3 Å². The zero-order chi connectivity index (χ0) is 17.1. The smallest absolute Gasteiger partial charge is 0.257 e. The number of carbonyl (C=O) groups excluding carboxylic acids is 2. The molecule has 2 atom stereocenters. The molecule has 0 bridgehead atoms. The van der Waals surface area contributed by atoms with E-state index in [2.05, 4.69) is 0 Å². The van der Waals surface area contributed by atoms with Gasteiger partial charge in [-0.15, -0.1) is 0 Å². The average molecular weight is 360 g/mol. The molecule has 2 rings (SSSR count). The fraction of sp³-hybridized carbons (Fsp3) is 0.467. The van der Waals surface area contributed by atoms with Gasteiger partial charge in [-0.1, -0.05) is 29.3 Å². The minimum Gasteiger partial charge on any atom is -0.391 e. The van der Waals surface area contributed by atoms with Crippen molar-refractivity contribution in [2.75, 3.05) is 26.2 Å². The molecule has 2 amide bonds. The van der Waals surface area contributed by atoms with Crippen LogP contribution < -0.4 is 5.73 Å². The molecule has 6 nitrogen and oxygen atoms in total. The van der Waals surface area contributed by atoms with Crippen LogP contribution in [0.15, 0.2) is 18.2 Å². The number of hydrogen-bond donors (Lipinski definition) is 2. The molecule has 3 N–H and O–H groups in total. The summed E-state index contributed by atoms with van der Waals surface area (Å²) in [5, 5.41) is 10.0. The minimum absolute atomic E-state index is 0.257. The molecular formula is C15H19Cl2N3O3. The Labute approximate surface area is 144 Å². The maximum absolute atomic E-state index is 12.5. The number of carbonyl (C=O) groups is 2. The van der Waals surface area contributed by atoms with Crippen LogP contribution in [-0.4, -0.2) is 65.0 Å². The van der Waals surface area contributed by atoms with Crippen LogP contribution in [0.2, 0.25) is 10.0 Å². The van der Waals surface area contributed by atoms with Crippen molar-refractivity contribution in [3.8, 4) is 0 Å². The Bertz CT molecular complexity index is 581. The first-order valence-electron chi connectivity index (χ1n) is 7.28. The largest absolute Gasteiger partial charge is 0.391 e. The summed E-state index contributed by atoms with van der Waals surface area (Å²) in [5.74, 6) is -0.574. The fourth-order valence-corrected chi connectivity index (χ4v) is 2.97. The fourth-order valence-electron chi connectivity index (χ4n) is 2.41. The van der Waals surface area contributed by atoms with E-state index in [9.17, 15) is 14.7 Å². The van der Waals surface area contributed by atoms with Gasteiger partial charge in [-0.25, -0.2) is 0 Å². The van der Waals surface area contributed by atoms with E-state index in [4.69, 9.17) is 28.9 Å². The average Bonchev–Trinajstić information content (AvgIpc) is 2.53. The van der Waals surface area contributed by atoms with Crippen molar-refractivity contribution in [2.45, 2.75) is 19.1 Å². The predicted octanol–water partition coefficient (Wildman–Crippen LogP) is 0.986.